The Labute approximate surface area is 208 Å². The van der Waals surface area contributed by atoms with Crippen LogP contribution in [0.5, 0.6) is 11.5 Å². The molecule has 32 heavy (non-hydrogen) atoms. The number of hydrogen-bond donors (Lipinski definition) is 1. The number of rotatable bonds is 7. The molecule has 4 rings (SSSR count). The van der Waals surface area contributed by atoms with E-state index in [-0.39, 0.29) is 24.0 Å². The minimum Gasteiger partial charge on any atom is -0.493 e. The summed E-state index contributed by atoms with van der Waals surface area (Å²) in [6.07, 6.45) is 2.34. The van der Waals surface area contributed by atoms with Gasteiger partial charge in [0.25, 0.3) is 0 Å². The number of nitrogens with zero attached hydrogens (tertiary/aromatic N) is 2. The standard InChI is InChI=1S/C25H33N3O3.HI/c1-3-26-24(28-13-11-25(18-28)12-14-30-19-25)27-16-21-9-10-22(23(15-21)29-2)31-17-20-7-5-4-6-8-20;/h4-10,15H,3,11-14,16-19H2,1-2H3,(H,26,27);1H. The fraction of sp³-hybridized carbons (Fsp3) is 0.480. The zero-order valence-electron chi connectivity index (χ0n) is 19.0. The smallest absolute Gasteiger partial charge is 0.194 e. The van der Waals surface area contributed by atoms with Crippen molar-refractivity contribution in [3.63, 3.8) is 0 Å². The summed E-state index contributed by atoms with van der Waals surface area (Å²) >= 11 is 0. The molecule has 2 fully saturated rings. The predicted molar refractivity (Wildman–Crippen MR) is 138 cm³/mol. The highest BCUT2D eigenvalue weighted by Gasteiger charge is 2.42. The molecular formula is C25H34IN3O3. The number of nitrogens with one attached hydrogen (secondary N) is 1. The lowest BCUT2D eigenvalue weighted by molar-refractivity contribution is 0.156. The number of methoxy groups -OCH3 is 1. The van der Waals surface area contributed by atoms with E-state index in [1.165, 1.54) is 6.42 Å². The second kappa shape index (κ2) is 11.7. The highest BCUT2D eigenvalue weighted by molar-refractivity contribution is 14.0. The van der Waals surface area contributed by atoms with E-state index in [9.17, 15) is 0 Å². The molecule has 0 amide bonds. The van der Waals surface area contributed by atoms with Gasteiger partial charge in [0.05, 0.1) is 20.3 Å². The molecule has 2 saturated heterocycles. The molecule has 1 spiro atoms. The van der Waals surface area contributed by atoms with Crippen LogP contribution < -0.4 is 14.8 Å². The molecule has 2 aromatic carbocycles. The molecule has 1 unspecified atom stereocenters. The largest absolute Gasteiger partial charge is 0.493 e. The fourth-order valence-electron chi connectivity index (χ4n) is 4.34. The molecule has 0 saturated carbocycles. The van der Waals surface area contributed by atoms with E-state index in [0.29, 0.717) is 18.6 Å². The third-order valence-electron chi connectivity index (χ3n) is 6.13. The van der Waals surface area contributed by atoms with Crippen LogP contribution in [0.4, 0.5) is 0 Å². The van der Waals surface area contributed by atoms with Gasteiger partial charge in [-0.15, -0.1) is 24.0 Å². The fourth-order valence-corrected chi connectivity index (χ4v) is 4.34. The van der Waals surface area contributed by atoms with Crippen LogP contribution in [-0.4, -0.2) is 50.8 Å². The van der Waals surface area contributed by atoms with Crippen molar-refractivity contribution < 1.29 is 14.2 Å². The van der Waals surface area contributed by atoms with E-state index in [2.05, 4.69) is 35.3 Å². The summed E-state index contributed by atoms with van der Waals surface area (Å²) in [6.45, 7) is 7.90. The maximum absolute atomic E-state index is 5.97. The molecule has 2 aromatic rings. The summed E-state index contributed by atoms with van der Waals surface area (Å²) in [6, 6.07) is 16.2. The number of guanidine groups is 1. The van der Waals surface area contributed by atoms with Gasteiger partial charge in [0.1, 0.15) is 6.61 Å². The van der Waals surface area contributed by atoms with Gasteiger partial charge in [0.2, 0.25) is 0 Å². The van der Waals surface area contributed by atoms with Crippen molar-refractivity contribution in [3.8, 4) is 11.5 Å². The van der Waals surface area contributed by atoms with Gasteiger partial charge >= 0.3 is 0 Å². The molecule has 0 aromatic heterocycles. The van der Waals surface area contributed by atoms with Crippen molar-refractivity contribution in [3.05, 3.63) is 59.7 Å². The van der Waals surface area contributed by atoms with Crippen molar-refractivity contribution in [2.75, 3.05) is 40.0 Å². The van der Waals surface area contributed by atoms with Crippen LogP contribution in [0.3, 0.4) is 0 Å². The van der Waals surface area contributed by atoms with Gasteiger partial charge in [-0.05, 0) is 43.0 Å². The average Bonchev–Trinajstić information content (AvgIpc) is 3.45. The first-order chi connectivity index (χ1) is 15.2. The topological polar surface area (TPSA) is 55.3 Å². The molecule has 2 aliphatic rings. The molecule has 174 valence electrons. The quantitative estimate of drug-likeness (QED) is 0.313. The van der Waals surface area contributed by atoms with Gasteiger partial charge in [-0.1, -0.05) is 36.4 Å². The molecule has 0 radical (unpaired) electrons. The maximum atomic E-state index is 5.97. The molecule has 2 heterocycles. The normalized spacial score (nSPS) is 20.3. The lowest BCUT2D eigenvalue weighted by Crippen LogP contribution is -2.41. The van der Waals surface area contributed by atoms with Gasteiger partial charge in [0.15, 0.2) is 17.5 Å². The number of aliphatic imine (C=N–C) groups is 1. The highest BCUT2D eigenvalue weighted by Crippen LogP contribution is 2.38. The Kier molecular flexibility index (Phi) is 9.04. The van der Waals surface area contributed by atoms with Crippen molar-refractivity contribution in [2.45, 2.75) is 32.9 Å². The molecule has 7 heteroatoms. The van der Waals surface area contributed by atoms with E-state index in [0.717, 1.165) is 67.9 Å². The summed E-state index contributed by atoms with van der Waals surface area (Å²) in [5, 5.41) is 3.46. The Bertz CT molecular complexity index is 885. The van der Waals surface area contributed by atoms with Crippen molar-refractivity contribution >= 4 is 29.9 Å². The third kappa shape index (κ3) is 6.07. The highest BCUT2D eigenvalue weighted by atomic mass is 127. The first kappa shape index (κ1) is 24.6. The Hall–Kier alpha value is -2.00. The molecular weight excluding hydrogens is 517 g/mol. The first-order valence-electron chi connectivity index (χ1n) is 11.2. The van der Waals surface area contributed by atoms with Crippen LogP contribution in [0.15, 0.2) is 53.5 Å². The van der Waals surface area contributed by atoms with E-state index in [1.54, 1.807) is 7.11 Å². The van der Waals surface area contributed by atoms with Gasteiger partial charge in [0, 0.05) is 31.7 Å². The molecule has 1 N–H and O–H groups in total. The van der Waals surface area contributed by atoms with Crippen molar-refractivity contribution in [1.29, 1.82) is 0 Å². The average molecular weight is 551 g/mol. The minimum absolute atomic E-state index is 0. The SMILES string of the molecule is CCNC(=NCc1ccc(OCc2ccccc2)c(OC)c1)N1CCC2(CCOC2)C1.I. The molecule has 2 aliphatic heterocycles. The molecule has 6 nitrogen and oxygen atoms in total. The van der Waals surface area contributed by atoms with Crippen LogP contribution >= 0.6 is 24.0 Å². The van der Waals surface area contributed by atoms with Gasteiger partial charge in [-0.2, -0.15) is 0 Å². The summed E-state index contributed by atoms with van der Waals surface area (Å²) in [5.41, 5.74) is 2.54. The second-order valence-electron chi connectivity index (χ2n) is 8.40. The second-order valence-corrected chi connectivity index (χ2v) is 8.40. The van der Waals surface area contributed by atoms with Crippen LogP contribution in [0.25, 0.3) is 0 Å². The van der Waals surface area contributed by atoms with Crippen molar-refractivity contribution in [1.82, 2.24) is 10.2 Å². The molecule has 1 atom stereocenters. The molecule has 0 aliphatic carbocycles. The predicted octanol–water partition coefficient (Wildman–Crippen LogP) is 4.47. The number of benzene rings is 2. The van der Waals surface area contributed by atoms with Gasteiger partial charge in [-0.25, -0.2) is 4.99 Å². The summed E-state index contributed by atoms with van der Waals surface area (Å²) < 4.78 is 17.2. The Morgan fingerprint density at radius 1 is 1.12 bits per heavy atom. The van der Waals surface area contributed by atoms with Crippen LogP contribution in [-0.2, 0) is 17.9 Å². The number of likely N-dealkylation sites (tertiary alicyclic amines) is 1. The Morgan fingerprint density at radius 2 is 1.97 bits per heavy atom. The van der Waals surface area contributed by atoms with E-state index in [4.69, 9.17) is 19.2 Å². The Balaban J connectivity index is 0.00000289. The maximum Gasteiger partial charge on any atom is 0.194 e. The summed E-state index contributed by atoms with van der Waals surface area (Å²) in [7, 11) is 1.68. The summed E-state index contributed by atoms with van der Waals surface area (Å²) in [4.78, 5) is 7.29. The van der Waals surface area contributed by atoms with Crippen LogP contribution in [0, 0.1) is 5.41 Å². The van der Waals surface area contributed by atoms with Gasteiger partial charge < -0.3 is 24.4 Å². The van der Waals surface area contributed by atoms with E-state index < -0.39 is 0 Å². The lowest BCUT2D eigenvalue weighted by Gasteiger charge is -2.25. The third-order valence-corrected chi connectivity index (χ3v) is 6.13. The van der Waals surface area contributed by atoms with Crippen LogP contribution in [0.2, 0.25) is 0 Å². The van der Waals surface area contributed by atoms with E-state index in [1.807, 2.05) is 30.3 Å². The monoisotopic (exact) mass is 551 g/mol. The number of halogens is 1. The Morgan fingerprint density at radius 3 is 2.69 bits per heavy atom. The van der Waals surface area contributed by atoms with Crippen LogP contribution in [0.1, 0.15) is 30.9 Å². The number of hydrogen-bond acceptors (Lipinski definition) is 4. The zero-order valence-corrected chi connectivity index (χ0v) is 21.3. The van der Waals surface area contributed by atoms with Gasteiger partial charge in [-0.3, -0.25) is 0 Å². The van der Waals surface area contributed by atoms with Crippen molar-refractivity contribution in [2.24, 2.45) is 10.4 Å². The zero-order chi connectivity index (χ0) is 21.5. The van der Waals surface area contributed by atoms with E-state index >= 15 is 0 Å². The minimum atomic E-state index is 0. The first-order valence-corrected chi connectivity index (χ1v) is 11.2. The number of ether oxygens (including phenoxy) is 3. The summed E-state index contributed by atoms with van der Waals surface area (Å²) in [5.74, 6) is 2.46. The molecule has 0 bridgehead atoms. The lowest BCUT2D eigenvalue weighted by atomic mass is 9.87.